The lowest BCUT2D eigenvalue weighted by Gasteiger charge is -2.39. The smallest absolute Gasteiger partial charge is 0.246 e. The average Bonchev–Trinajstić information content (AvgIpc) is 2.77. The van der Waals surface area contributed by atoms with Gasteiger partial charge < -0.3 is 9.64 Å². The molecular formula is C23H31N3O4S. The van der Waals surface area contributed by atoms with Crippen LogP contribution < -0.4 is 9.04 Å². The van der Waals surface area contributed by atoms with Crippen LogP contribution >= 0.6 is 0 Å². The van der Waals surface area contributed by atoms with Crippen molar-refractivity contribution >= 4 is 21.6 Å². The number of methoxy groups -OCH3 is 1. The van der Waals surface area contributed by atoms with E-state index >= 15 is 0 Å². The van der Waals surface area contributed by atoms with E-state index in [0.717, 1.165) is 25.9 Å². The highest BCUT2D eigenvalue weighted by Crippen LogP contribution is 2.26. The second-order valence-corrected chi connectivity index (χ2v) is 9.63. The number of amides is 1. The minimum Gasteiger partial charge on any atom is -0.497 e. The molecule has 3 rings (SSSR count). The van der Waals surface area contributed by atoms with E-state index in [2.05, 4.69) is 17.0 Å². The molecule has 2 aromatic rings. The van der Waals surface area contributed by atoms with E-state index in [0.29, 0.717) is 30.9 Å². The van der Waals surface area contributed by atoms with Crippen LogP contribution in [-0.2, 0) is 21.4 Å². The largest absolute Gasteiger partial charge is 0.497 e. The highest BCUT2D eigenvalue weighted by Gasteiger charge is 2.35. The molecule has 0 spiro atoms. The molecule has 1 aliphatic rings. The molecule has 0 N–H and O–H groups in total. The van der Waals surface area contributed by atoms with Gasteiger partial charge in [0.25, 0.3) is 0 Å². The molecule has 168 valence electrons. The zero-order chi connectivity index (χ0) is 22.4. The second-order valence-electron chi connectivity index (χ2n) is 7.77. The lowest BCUT2D eigenvalue weighted by molar-refractivity contribution is -0.134. The first kappa shape index (κ1) is 23.1. The molecule has 8 heteroatoms. The molecular weight excluding hydrogens is 414 g/mol. The van der Waals surface area contributed by atoms with E-state index in [-0.39, 0.29) is 5.91 Å². The third-order valence-electron chi connectivity index (χ3n) is 5.57. The van der Waals surface area contributed by atoms with E-state index in [1.54, 1.807) is 36.3 Å². The van der Waals surface area contributed by atoms with Crippen molar-refractivity contribution in [3.05, 3.63) is 60.2 Å². The normalized spacial score (nSPS) is 16.0. The summed E-state index contributed by atoms with van der Waals surface area (Å²) in [5.41, 5.74) is 1.71. The summed E-state index contributed by atoms with van der Waals surface area (Å²) in [6.45, 7) is 5.39. The maximum absolute atomic E-state index is 13.4. The van der Waals surface area contributed by atoms with Crippen molar-refractivity contribution < 1.29 is 17.9 Å². The fourth-order valence-electron chi connectivity index (χ4n) is 3.95. The van der Waals surface area contributed by atoms with Crippen LogP contribution in [0.4, 0.5) is 5.69 Å². The predicted octanol–water partition coefficient (Wildman–Crippen LogP) is 2.58. The van der Waals surface area contributed by atoms with Gasteiger partial charge in [-0.05, 0) is 36.2 Å². The summed E-state index contributed by atoms with van der Waals surface area (Å²) >= 11 is 0. The molecule has 1 aliphatic heterocycles. The first-order valence-corrected chi connectivity index (χ1v) is 12.4. The monoisotopic (exact) mass is 445 g/mol. The lowest BCUT2D eigenvalue weighted by atomic mass is 10.1. The fourth-order valence-corrected chi connectivity index (χ4v) is 5.16. The lowest BCUT2D eigenvalue weighted by Crippen LogP contribution is -2.55. The Morgan fingerprint density at radius 3 is 2.16 bits per heavy atom. The number of nitrogens with zero attached hydrogens (tertiary/aromatic N) is 3. The van der Waals surface area contributed by atoms with E-state index < -0.39 is 16.1 Å². The minimum absolute atomic E-state index is 0.150. The third-order valence-corrected chi connectivity index (χ3v) is 6.75. The van der Waals surface area contributed by atoms with Crippen molar-refractivity contribution in [1.82, 2.24) is 9.80 Å². The highest BCUT2D eigenvalue weighted by atomic mass is 32.2. The van der Waals surface area contributed by atoms with Gasteiger partial charge in [0.05, 0.1) is 19.1 Å². The molecule has 1 fully saturated rings. The summed E-state index contributed by atoms with van der Waals surface area (Å²) < 4.78 is 31.7. The number of sulfonamides is 1. The minimum atomic E-state index is -3.65. The molecule has 0 radical (unpaired) electrons. The van der Waals surface area contributed by atoms with E-state index in [9.17, 15) is 13.2 Å². The Labute approximate surface area is 185 Å². The molecule has 1 saturated heterocycles. The molecule has 2 aromatic carbocycles. The molecule has 31 heavy (non-hydrogen) atoms. The quantitative estimate of drug-likeness (QED) is 0.625. The maximum atomic E-state index is 13.4. The molecule has 0 saturated carbocycles. The van der Waals surface area contributed by atoms with Gasteiger partial charge in [-0.25, -0.2) is 8.42 Å². The molecule has 0 aliphatic carbocycles. The Hall–Kier alpha value is -2.58. The van der Waals surface area contributed by atoms with Crippen LogP contribution in [0.25, 0.3) is 0 Å². The number of rotatable bonds is 8. The first-order valence-electron chi connectivity index (χ1n) is 10.5. The summed E-state index contributed by atoms with van der Waals surface area (Å²) in [6, 6.07) is 16.2. The number of hydrogen-bond acceptors (Lipinski definition) is 5. The number of carbonyl (C=O) groups is 1. The molecule has 0 unspecified atom stereocenters. The second kappa shape index (κ2) is 10.2. The van der Waals surface area contributed by atoms with Gasteiger partial charge in [0, 0.05) is 32.7 Å². The number of ether oxygens (including phenoxy) is 1. The van der Waals surface area contributed by atoms with Gasteiger partial charge >= 0.3 is 0 Å². The molecule has 0 bridgehead atoms. The number of piperazine rings is 1. The van der Waals surface area contributed by atoms with Gasteiger partial charge in [-0.1, -0.05) is 37.3 Å². The van der Waals surface area contributed by atoms with Crippen molar-refractivity contribution in [2.75, 3.05) is 43.8 Å². The van der Waals surface area contributed by atoms with Gasteiger partial charge in [-0.15, -0.1) is 0 Å². The maximum Gasteiger partial charge on any atom is 0.246 e. The van der Waals surface area contributed by atoms with Gasteiger partial charge in [-0.2, -0.15) is 0 Å². The predicted molar refractivity (Wildman–Crippen MR) is 123 cm³/mol. The summed E-state index contributed by atoms with van der Waals surface area (Å²) in [4.78, 5) is 17.5. The van der Waals surface area contributed by atoms with Crippen molar-refractivity contribution in [3.8, 4) is 5.75 Å². The van der Waals surface area contributed by atoms with Crippen LogP contribution in [-0.4, -0.2) is 69.7 Å². The van der Waals surface area contributed by atoms with Crippen molar-refractivity contribution in [2.45, 2.75) is 25.9 Å². The summed E-state index contributed by atoms with van der Waals surface area (Å²) in [6.07, 6.45) is 1.53. The van der Waals surface area contributed by atoms with Crippen LogP contribution in [0.15, 0.2) is 54.6 Å². The SMILES string of the molecule is CC[C@@H](C(=O)N1CCN(Cc2ccccc2)CC1)N(c1ccc(OC)cc1)S(C)(=O)=O. The molecule has 7 nitrogen and oxygen atoms in total. The Morgan fingerprint density at radius 2 is 1.65 bits per heavy atom. The van der Waals surface area contributed by atoms with Crippen molar-refractivity contribution in [3.63, 3.8) is 0 Å². The average molecular weight is 446 g/mol. The first-order chi connectivity index (χ1) is 14.8. The van der Waals surface area contributed by atoms with Gasteiger partial charge in [0.15, 0.2) is 0 Å². The number of hydrogen-bond donors (Lipinski definition) is 0. The molecule has 1 amide bonds. The van der Waals surface area contributed by atoms with Crippen LogP contribution in [0.2, 0.25) is 0 Å². The van der Waals surface area contributed by atoms with Crippen LogP contribution in [0.3, 0.4) is 0 Å². The van der Waals surface area contributed by atoms with Gasteiger partial charge in [0.2, 0.25) is 15.9 Å². The molecule has 1 heterocycles. The van der Waals surface area contributed by atoms with Crippen LogP contribution in [0.1, 0.15) is 18.9 Å². The van der Waals surface area contributed by atoms with E-state index in [4.69, 9.17) is 4.74 Å². The Kier molecular flexibility index (Phi) is 7.56. The zero-order valence-corrected chi connectivity index (χ0v) is 19.2. The summed E-state index contributed by atoms with van der Waals surface area (Å²) in [5, 5.41) is 0. The summed E-state index contributed by atoms with van der Waals surface area (Å²) in [5.74, 6) is 0.481. The zero-order valence-electron chi connectivity index (χ0n) is 18.4. The van der Waals surface area contributed by atoms with Crippen molar-refractivity contribution in [2.24, 2.45) is 0 Å². The van der Waals surface area contributed by atoms with E-state index in [1.807, 2.05) is 25.1 Å². The highest BCUT2D eigenvalue weighted by molar-refractivity contribution is 7.92. The van der Waals surface area contributed by atoms with Crippen molar-refractivity contribution in [1.29, 1.82) is 0 Å². The third kappa shape index (κ3) is 5.77. The molecule has 0 aromatic heterocycles. The van der Waals surface area contributed by atoms with E-state index in [1.165, 1.54) is 9.87 Å². The Bertz CT molecular complexity index is 956. The molecule has 1 atom stereocenters. The Morgan fingerprint density at radius 1 is 1.03 bits per heavy atom. The van der Waals surface area contributed by atoms with Crippen LogP contribution in [0, 0.1) is 0 Å². The van der Waals surface area contributed by atoms with Gasteiger partial charge in [0.1, 0.15) is 11.8 Å². The number of carbonyl (C=O) groups excluding carboxylic acids is 1. The summed E-state index contributed by atoms with van der Waals surface area (Å²) in [7, 11) is -2.09. The fraction of sp³-hybridized carbons (Fsp3) is 0.435. The number of benzene rings is 2. The number of anilines is 1. The topological polar surface area (TPSA) is 70.2 Å². The van der Waals surface area contributed by atoms with Crippen LogP contribution in [0.5, 0.6) is 5.75 Å². The Balaban J connectivity index is 1.71. The standard InChI is InChI=1S/C23H31N3O4S/c1-4-22(26(31(3,28)29)20-10-12-21(30-2)13-11-20)23(27)25-16-14-24(15-17-25)18-19-8-6-5-7-9-19/h5-13,22H,4,14-18H2,1-3H3/t22-/m0/s1. The van der Waals surface area contributed by atoms with Gasteiger partial charge in [-0.3, -0.25) is 14.0 Å².